The number of fused-ring (bicyclic) bond motifs is 2. The Morgan fingerprint density at radius 2 is 1.96 bits per heavy atom. The molecule has 0 radical (unpaired) electrons. The Kier molecular flexibility index (Phi) is 6.92. The quantitative estimate of drug-likeness (QED) is 0.627. The lowest BCUT2D eigenvalue weighted by Crippen LogP contribution is -2.52. The lowest BCUT2D eigenvalue weighted by atomic mass is 9.80. The van der Waals surface area contributed by atoms with Crippen molar-refractivity contribution in [3.63, 3.8) is 0 Å². The van der Waals surface area contributed by atoms with Crippen LogP contribution >= 0.6 is 0 Å². The minimum atomic E-state index is -0.171. The van der Waals surface area contributed by atoms with Crippen LogP contribution in [-0.2, 0) is 21.5 Å². The van der Waals surface area contributed by atoms with E-state index in [0.717, 1.165) is 19.4 Å². The summed E-state index contributed by atoms with van der Waals surface area (Å²) in [6.45, 7) is 5.71. The number of benzene rings is 1. The Bertz CT molecular complexity index is 533. The van der Waals surface area contributed by atoms with Gasteiger partial charge in [-0.2, -0.15) is 0 Å². The van der Waals surface area contributed by atoms with Gasteiger partial charge >= 0.3 is 0 Å². The van der Waals surface area contributed by atoms with Crippen molar-refractivity contribution >= 4 is 0 Å². The highest BCUT2D eigenvalue weighted by Crippen LogP contribution is 2.42. The van der Waals surface area contributed by atoms with Gasteiger partial charge in [0, 0.05) is 20.1 Å². The van der Waals surface area contributed by atoms with Crippen LogP contribution < -0.4 is 0 Å². The van der Waals surface area contributed by atoms with E-state index in [0.29, 0.717) is 0 Å². The van der Waals surface area contributed by atoms with Crippen LogP contribution in [0.3, 0.4) is 0 Å². The highest BCUT2D eigenvalue weighted by atomic mass is 16.7. The number of ether oxygens (including phenoxy) is 2. The van der Waals surface area contributed by atoms with Crippen molar-refractivity contribution < 1.29 is 9.47 Å². The molecule has 2 unspecified atom stereocenters. The fourth-order valence-electron chi connectivity index (χ4n) is 4.54. The second kappa shape index (κ2) is 9.16. The molecule has 1 spiro atoms. The van der Waals surface area contributed by atoms with Crippen LogP contribution in [0.15, 0.2) is 24.3 Å². The molecule has 3 heteroatoms. The van der Waals surface area contributed by atoms with Crippen molar-refractivity contribution in [2.75, 3.05) is 26.7 Å². The molecular weight excluding hydrogens is 310 g/mol. The van der Waals surface area contributed by atoms with Gasteiger partial charge in [-0.3, -0.25) is 0 Å². The molecule has 25 heavy (non-hydrogen) atoms. The molecule has 0 aromatic heterocycles. The molecule has 0 bridgehead atoms. The average Bonchev–Trinajstić information content (AvgIpc) is 2.65. The van der Waals surface area contributed by atoms with E-state index >= 15 is 0 Å². The molecule has 0 N–H and O–H groups in total. The molecule has 0 amide bonds. The first-order valence-corrected chi connectivity index (χ1v) is 10.3. The molecule has 3 rings (SSSR count). The predicted octanol–water partition coefficient (Wildman–Crippen LogP) is 4.88. The maximum absolute atomic E-state index is 6.52. The lowest BCUT2D eigenvalue weighted by molar-refractivity contribution is -0.228. The summed E-state index contributed by atoms with van der Waals surface area (Å²) in [5, 5.41) is 0. The number of unbranched alkanes of at least 4 members (excludes halogenated alkanes) is 5. The summed E-state index contributed by atoms with van der Waals surface area (Å²) in [6.07, 6.45) is 11.2. The Hall–Kier alpha value is -0.900. The summed E-state index contributed by atoms with van der Waals surface area (Å²) in [7, 11) is 1.77. The fourth-order valence-corrected chi connectivity index (χ4v) is 4.54. The number of hydrogen-bond donors (Lipinski definition) is 0. The zero-order valence-corrected chi connectivity index (χ0v) is 16.1. The van der Waals surface area contributed by atoms with Gasteiger partial charge in [0.15, 0.2) is 6.29 Å². The average molecular weight is 346 g/mol. The molecule has 0 aliphatic carbocycles. The van der Waals surface area contributed by atoms with E-state index < -0.39 is 0 Å². The van der Waals surface area contributed by atoms with Crippen LogP contribution in [0.4, 0.5) is 0 Å². The summed E-state index contributed by atoms with van der Waals surface area (Å²) in [4.78, 5) is 2.62. The first-order chi connectivity index (χ1) is 12.3. The van der Waals surface area contributed by atoms with Gasteiger partial charge in [0.25, 0.3) is 0 Å². The highest BCUT2D eigenvalue weighted by molar-refractivity contribution is 5.35. The molecule has 2 atom stereocenters. The maximum Gasteiger partial charge on any atom is 0.162 e. The number of likely N-dealkylation sites (tertiary alicyclic amines) is 1. The zero-order chi connectivity index (χ0) is 17.5. The molecule has 1 aromatic carbocycles. The summed E-state index contributed by atoms with van der Waals surface area (Å²) in [6, 6.07) is 8.82. The van der Waals surface area contributed by atoms with Crippen LogP contribution in [0.2, 0.25) is 0 Å². The van der Waals surface area contributed by atoms with Crippen molar-refractivity contribution in [3.8, 4) is 0 Å². The Morgan fingerprint density at radius 3 is 2.80 bits per heavy atom. The Labute approximate surface area is 153 Å². The molecular formula is C22H35NO2. The van der Waals surface area contributed by atoms with Crippen molar-refractivity contribution in [1.29, 1.82) is 0 Å². The van der Waals surface area contributed by atoms with Crippen molar-refractivity contribution in [1.82, 2.24) is 4.90 Å². The maximum atomic E-state index is 6.52. The lowest BCUT2D eigenvalue weighted by Gasteiger charge is -2.48. The number of hydrogen-bond acceptors (Lipinski definition) is 3. The van der Waals surface area contributed by atoms with Gasteiger partial charge < -0.3 is 14.4 Å². The topological polar surface area (TPSA) is 21.7 Å². The molecule has 3 nitrogen and oxygen atoms in total. The van der Waals surface area contributed by atoms with Gasteiger partial charge in [-0.25, -0.2) is 0 Å². The second-order valence-electron chi connectivity index (χ2n) is 7.79. The van der Waals surface area contributed by atoms with Crippen LogP contribution in [0.5, 0.6) is 0 Å². The largest absolute Gasteiger partial charge is 0.355 e. The first kappa shape index (κ1) is 18.9. The summed E-state index contributed by atoms with van der Waals surface area (Å²) in [5.74, 6) is 0. The van der Waals surface area contributed by atoms with Crippen LogP contribution in [0.1, 0.15) is 69.4 Å². The summed E-state index contributed by atoms with van der Waals surface area (Å²) in [5.41, 5.74) is 2.63. The third-order valence-corrected chi connectivity index (χ3v) is 5.88. The van der Waals surface area contributed by atoms with E-state index in [-0.39, 0.29) is 11.9 Å². The molecule has 1 fully saturated rings. The molecule has 0 saturated carbocycles. The van der Waals surface area contributed by atoms with Gasteiger partial charge in [0.2, 0.25) is 0 Å². The van der Waals surface area contributed by atoms with Crippen LogP contribution in [0.25, 0.3) is 0 Å². The Morgan fingerprint density at radius 1 is 1.16 bits per heavy atom. The van der Waals surface area contributed by atoms with Gasteiger partial charge in [-0.15, -0.1) is 0 Å². The standard InChI is InChI=1S/C22H35NO2/c1-3-4-5-6-7-10-15-23-16-11-14-22(18-23)20-13-9-8-12-19(20)17-21(24-2)25-22/h8-9,12-13,21H,3-7,10-11,14-18H2,1-2H3. The van der Waals surface area contributed by atoms with E-state index in [1.165, 1.54) is 69.2 Å². The van der Waals surface area contributed by atoms with E-state index in [1.54, 1.807) is 7.11 Å². The Balaban J connectivity index is 1.61. The summed E-state index contributed by atoms with van der Waals surface area (Å²) >= 11 is 0. The third kappa shape index (κ3) is 4.64. The van der Waals surface area contributed by atoms with Gasteiger partial charge in [0.1, 0.15) is 5.60 Å². The first-order valence-electron chi connectivity index (χ1n) is 10.3. The number of methoxy groups -OCH3 is 1. The monoisotopic (exact) mass is 345 g/mol. The minimum Gasteiger partial charge on any atom is -0.355 e. The number of piperidine rings is 1. The number of rotatable bonds is 8. The van der Waals surface area contributed by atoms with Crippen molar-refractivity contribution in [2.24, 2.45) is 0 Å². The molecule has 1 aromatic rings. The van der Waals surface area contributed by atoms with E-state index in [1.807, 2.05) is 0 Å². The smallest absolute Gasteiger partial charge is 0.162 e. The van der Waals surface area contributed by atoms with Crippen LogP contribution in [-0.4, -0.2) is 37.9 Å². The minimum absolute atomic E-state index is 0.108. The SMILES string of the molecule is CCCCCCCCN1CCCC2(C1)OC(OC)Cc1ccccc12. The molecule has 140 valence electrons. The summed E-state index contributed by atoms with van der Waals surface area (Å²) < 4.78 is 12.1. The predicted molar refractivity (Wildman–Crippen MR) is 103 cm³/mol. The van der Waals surface area contributed by atoms with Gasteiger partial charge in [0.05, 0.1) is 0 Å². The molecule has 1 saturated heterocycles. The van der Waals surface area contributed by atoms with E-state index in [2.05, 4.69) is 36.1 Å². The van der Waals surface area contributed by atoms with Gasteiger partial charge in [-0.1, -0.05) is 63.3 Å². The highest BCUT2D eigenvalue weighted by Gasteiger charge is 2.44. The third-order valence-electron chi connectivity index (χ3n) is 5.88. The van der Waals surface area contributed by atoms with Gasteiger partial charge in [-0.05, 0) is 43.5 Å². The van der Waals surface area contributed by atoms with Crippen LogP contribution in [0, 0.1) is 0 Å². The second-order valence-corrected chi connectivity index (χ2v) is 7.79. The molecule has 2 aliphatic heterocycles. The molecule has 2 heterocycles. The molecule has 2 aliphatic rings. The fraction of sp³-hybridized carbons (Fsp3) is 0.727. The van der Waals surface area contributed by atoms with Crippen molar-refractivity contribution in [3.05, 3.63) is 35.4 Å². The zero-order valence-electron chi connectivity index (χ0n) is 16.1. The normalized spacial score (nSPS) is 26.7. The van der Waals surface area contributed by atoms with Crippen molar-refractivity contribution in [2.45, 2.75) is 76.6 Å². The van der Waals surface area contributed by atoms with E-state index in [4.69, 9.17) is 9.47 Å². The number of nitrogens with zero attached hydrogens (tertiary/aromatic N) is 1. The van der Waals surface area contributed by atoms with E-state index in [9.17, 15) is 0 Å².